The van der Waals surface area contributed by atoms with Gasteiger partial charge in [0.15, 0.2) is 0 Å². The van der Waals surface area contributed by atoms with Gasteiger partial charge in [-0.15, -0.1) is 0 Å². The Bertz CT molecular complexity index is 590. The number of morpholine rings is 1. The van der Waals surface area contributed by atoms with E-state index in [-0.39, 0.29) is 11.5 Å². The Balaban J connectivity index is 1.72. The summed E-state index contributed by atoms with van der Waals surface area (Å²) in [4.78, 5) is 21.8. The van der Waals surface area contributed by atoms with Crippen molar-refractivity contribution in [3.63, 3.8) is 0 Å². The number of H-pyrrole nitrogens is 1. The van der Waals surface area contributed by atoms with Gasteiger partial charge in [-0.1, -0.05) is 12.8 Å². The average Bonchev–Trinajstić information content (AvgIpc) is 3.19. The first-order valence-electron chi connectivity index (χ1n) is 9.31. The molecule has 2 heterocycles. The van der Waals surface area contributed by atoms with Gasteiger partial charge >= 0.3 is 0 Å². The van der Waals surface area contributed by atoms with Crippen LogP contribution in [-0.2, 0) is 11.3 Å². The first kappa shape index (κ1) is 18.4. The Morgan fingerprint density at radius 3 is 2.64 bits per heavy atom. The van der Waals surface area contributed by atoms with E-state index in [4.69, 9.17) is 4.74 Å². The summed E-state index contributed by atoms with van der Waals surface area (Å²) >= 11 is 0. The number of rotatable bonds is 5. The first-order valence-corrected chi connectivity index (χ1v) is 9.31. The maximum Gasteiger partial charge on any atom is 0.269 e. The molecule has 0 bridgehead atoms. The summed E-state index contributed by atoms with van der Waals surface area (Å²) in [5.74, 6) is 0.0188. The van der Waals surface area contributed by atoms with Crippen molar-refractivity contribution in [3.8, 4) is 0 Å². The van der Waals surface area contributed by atoms with E-state index >= 15 is 0 Å². The molecule has 0 aromatic carbocycles. The molecule has 1 unspecified atom stereocenters. The molecule has 2 fully saturated rings. The monoisotopic (exact) mass is 348 g/mol. The van der Waals surface area contributed by atoms with Crippen molar-refractivity contribution in [1.82, 2.24) is 19.7 Å². The lowest BCUT2D eigenvalue weighted by molar-refractivity contribution is -0.136. The molecule has 6 heteroatoms. The largest absolute Gasteiger partial charge is 0.372 e. The normalized spacial score (nSPS) is 23.5. The third-order valence-corrected chi connectivity index (χ3v) is 5.44. The fraction of sp³-hybridized carbons (Fsp3) is 0.737. The summed E-state index contributed by atoms with van der Waals surface area (Å²) in [6.07, 6.45) is 4.90. The number of nitrogens with one attached hydrogen (secondary N) is 1. The molecule has 1 atom stereocenters. The minimum absolute atomic E-state index is 0.0188. The van der Waals surface area contributed by atoms with Crippen molar-refractivity contribution in [2.45, 2.75) is 43.9 Å². The molecular weight excluding hydrogens is 316 g/mol. The fourth-order valence-electron chi connectivity index (χ4n) is 4.14. The van der Waals surface area contributed by atoms with Crippen LogP contribution in [-0.4, -0.2) is 85.1 Å². The number of likely N-dealkylation sites (N-methyl/N-ethyl adjacent to an activating group) is 1. The second-order valence-electron chi connectivity index (χ2n) is 8.12. The summed E-state index contributed by atoms with van der Waals surface area (Å²) in [5, 5.41) is 0. The van der Waals surface area contributed by atoms with E-state index in [1.54, 1.807) is 19.0 Å². The maximum atomic E-state index is 12.1. The lowest BCUT2D eigenvalue weighted by Gasteiger charge is -2.46. The highest BCUT2D eigenvalue weighted by molar-refractivity contribution is 5.92. The standard InChI is InChI=1S/C19H32N4O2/c1-21(2)12-16-13-25-19(9-5-6-10-19)14-23(16)11-15-7-8-17(20-15)18(24)22(3)4/h7-8,16,20H,5-6,9-14H2,1-4H3. The second kappa shape index (κ2) is 7.48. The summed E-state index contributed by atoms with van der Waals surface area (Å²) in [6, 6.07) is 4.32. The summed E-state index contributed by atoms with van der Waals surface area (Å²) < 4.78 is 6.34. The number of aromatic nitrogens is 1. The van der Waals surface area contributed by atoms with E-state index in [1.165, 1.54) is 25.7 Å². The van der Waals surface area contributed by atoms with Gasteiger partial charge in [0.05, 0.1) is 12.2 Å². The molecule has 1 aromatic heterocycles. The average molecular weight is 348 g/mol. The highest BCUT2D eigenvalue weighted by atomic mass is 16.5. The van der Waals surface area contributed by atoms with Crippen molar-refractivity contribution in [3.05, 3.63) is 23.5 Å². The third kappa shape index (κ3) is 4.25. The number of amides is 1. The molecule has 140 valence electrons. The van der Waals surface area contributed by atoms with E-state index in [2.05, 4.69) is 28.9 Å². The lowest BCUT2D eigenvalue weighted by atomic mass is 9.97. The van der Waals surface area contributed by atoms with Crippen LogP contribution >= 0.6 is 0 Å². The Hall–Kier alpha value is -1.37. The zero-order chi connectivity index (χ0) is 18.0. The number of hydrogen-bond acceptors (Lipinski definition) is 4. The van der Waals surface area contributed by atoms with Gasteiger partial charge in [0.25, 0.3) is 5.91 Å². The van der Waals surface area contributed by atoms with Crippen LogP contribution in [0.3, 0.4) is 0 Å². The molecule has 3 rings (SSSR count). The Labute approximate surface area is 151 Å². The van der Waals surface area contributed by atoms with E-state index < -0.39 is 0 Å². The molecule has 1 aliphatic carbocycles. The van der Waals surface area contributed by atoms with Crippen LogP contribution in [0.25, 0.3) is 0 Å². The van der Waals surface area contributed by atoms with Crippen LogP contribution < -0.4 is 0 Å². The van der Waals surface area contributed by atoms with Crippen LogP contribution in [0, 0.1) is 0 Å². The predicted molar refractivity (Wildman–Crippen MR) is 98.7 cm³/mol. The smallest absolute Gasteiger partial charge is 0.269 e. The molecule has 1 N–H and O–H groups in total. The van der Waals surface area contributed by atoms with Crippen molar-refractivity contribution >= 4 is 5.91 Å². The zero-order valence-electron chi connectivity index (χ0n) is 16.0. The van der Waals surface area contributed by atoms with Gasteiger partial charge in [0.2, 0.25) is 0 Å². The number of ether oxygens (including phenoxy) is 1. The van der Waals surface area contributed by atoms with Gasteiger partial charge in [0, 0.05) is 45.5 Å². The molecule has 1 aliphatic heterocycles. The summed E-state index contributed by atoms with van der Waals surface area (Å²) in [7, 11) is 7.78. The molecule has 1 spiro atoms. The Morgan fingerprint density at radius 1 is 1.28 bits per heavy atom. The van der Waals surface area contributed by atoms with Crippen molar-refractivity contribution < 1.29 is 9.53 Å². The molecule has 1 saturated carbocycles. The highest BCUT2D eigenvalue weighted by Crippen LogP contribution is 2.37. The number of hydrogen-bond donors (Lipinski definition) is 1. The SMILES string of the molecule is CN(C)CC1COC2(CCCC2)CN1Cc1ccc(C(=O)N(C)C)[nH]1. The minimum Gasteiger partial charge on any atom is -0.372 e. The maximum absolute atomic E-state index is 12.1. The van der Waals surface area contributed by atoms with Gasteiger partial charge in [-0.2, -0.15) is 0 Å². The molecule has 1 amide bonds. The number of nitrogens with zero attached hydrogens (tertiary/aromatic N) is 3. The Kier molecular flexibility index (Phi) is 5.51. The van der Waals surface area contributed by atoms with Gasteiger partial charge in [0.1, 0.15) is 5.69 Å². The number of carbonyl (C=O) groups excluding carboxylic acids is 1. The topological polar surface area (TPSA) is 51.8 Å². The molecule has 25 heavy (non-hydrogen) atoms. The van der Waals surface area contributed by atoms with Crippen LogP contribution in [0.1, 0.15) is 41.9 Å². The van der Waals surface area contributed by atoms with Crippen LogP contribution in [0.15, 0.2) is 12.1 Å². The molecular formula is C19H32N4O2. The van der Waals surface area contributed by atoms with Crippen LogP contribution in [0.2, 0.25) is 0 Å². The number of carbonyl (C=O) groups is 1. The van der Waals surface area contributed by atoms with Gasteiger partial charge in [-0.3, -0.25) is 9.69 Å². The van der Waals surface area contributed by atoms with Gasteiger partial charge < -0.3 is 19.5 Å². The molecule has 1 aromatic rings. The number of aromatic amines is 1. The van der Waals surface area contributed by atoms with Crippen molar-refractivity contribution in [2.75, 3.05) is 47.9 Å². The van der Waals surface area contributed by atoms with Crippen molar-refractivity contribution in [1.29, 1.82) is 0 Å². The third-order valence-electron chi connectivity index (χ3n) is 5.44. The summed E-state index contributed by atoms with van der Waals surface area (Å²) in [5.41, 5.74) is 1.81. The predicted octanol–water partition coefficient (Wildman–Crippen LogP) is 1.79. The fourth-order valence-corrected chi connectivity index (χ4v) is 4.14. The molecule has 0 radical (unpaired) electrons. The summed E-state index contributed by atoms with van der Waals surface area (Å²) in [6.45, 7) is 3.61. The molecule has 1 saturated heterocycles. The van der Waals surface area contributed by atoms with Crippen molar-refractivity contribution in [2.24, 2.45) is 0 Å². The lowest BCUT2D eigenvalue weighted by Crippen LogP contribution is -2.57. The Morgan fingerprint density at radius 2 is 2.00 bits per heavy atom. The van der Waals surface area contributed by atoms with Crippen LogP contribution in [0.5, 0.6) is 0 Å². The van der Waals surface area contributed by atoms with E-state index in [0.717, 1.165) is 31.9 Å². The first-order chi connectivity index (χ1) is 11.9. The zero-order valence-corrected chi connectivity index (χ0v) is 16.0. The highest BCUT2D eigenvalue weighted by Gasteiger charge is 2.42. The van der Waals surface area contributed by atoms with E-state index in [1.807, 2.05) is 12.1 Å². The van der Waals surface area contributed by atoms with Gasteiger partial charge in [-0.05, 0) is 39.1 Å². The van der Waals surface area contributed by atoms with E-state index in [0.29, 0.717) is 11.7 Å². The van der Waals surface area contributed by atoms with E-state index in [9.17, 15) is 4.79 Å². The van der Waals surface area contributed by atoms with Crippen LogP contribution in [0.4, 0.5) is 0 Å². The molecule has 6 nitrogen and oxygen atoms in total. The van der Waals surface area contributed by atoms with Gasteiger partial charge in [-0.25, -0.2) is 0 Å². The molecule has 2 aliphatic rings. The second-order valence-corrected chi connectivity index (χ2v) is 8.12. The minimum atomic E-state index is 0.0188. The quantitative estimate of drug-likeness (QED) is 0.881.